The molecule has 1 atom stereocenters. The fourth-order valence-corrected chi connectivity index (χ4v) is 3.53. The predicted octanol–water partition coefficient (Wildman–Crippen LogP) is 2.50. The summed E-state index contributed by atoms with van der Waals surface area (Å²) in [6.07, 6.45) is 5.23. The summed E-state index contributed by atoms with van der Waals surface area (Å²) in [6, 6.07) is 11.4. The van der Waals surface area contributed by atoms with Crippen LogP contribution in [0, 0.1) is 5.92 Å². The molecule has 1 unspecified atom stereocenters. The van der Waals surface area contributed by atoms with E-state index in [1.807, 2.05) is 36.4 Å². The average molecular weight is 416 g/mol. The zero-order chi connectivity index (χ0) is 20.5. The van der Waals surface area contributed by atoms with Gasteiger partial charge in [0.25, 0.3) is 0 Å². The fraction of sp³-hybridized carbons (Fsp3) is 0.409. The van der Waals surface area contributed by atoms with Crippen molar-refractivity contribution in [1.82, 2.24) is 15.2 Å². The summed E-state index contributed by atoms with van der Waals surface area (Å²) in [7, 11) is 0. The van der Waals surface area contributed by atoms with Crippen LogP contribution in [0.5, 0.6) is 0 Å². The summed E-state index contributed by atoms with van der Waals surface area (Å²) in [5.74, 6) is -0.408. The molecule has 7 heteroatoms. The van der Waals surface area contributed by atoms with E-state index < -0.39 is 0 Å². The quantitative estimate of drug-likeness (QED) is 0.754. The zero-order valence-electron chi connectivity index (χ0n) is 16.4. The number of pyridine rings is 1. The van der Waals surface area contributed by atoms with Crippen LogP contribution in [0.25, 0.3) is 0 Å². The number of benzene rings is 1. The maximum absolute atomic E-state index is 12.6. The van der Waals surface area contributed by atoms with E-state index in [0.717, 1.165) is 11.1 Å². The second-order valence-electron chi connectivity index (χ2n) is 7.14. The maximum Gasteiger partial charge on any atom is 0.227 e. The molecule has 2 heterocycles. The smallest absolute Gasteiger partial charge is 0.227 e. The molecule has 0 radical (unpaired) electrons. The van der Waals surface area contributed by atoms with Gasteiger partial charge in [0.15, 0.2) is 0 Å². The highest BCUT2D eigenvalue weighted by Gasteiger charge is 2.27. The van der Waals surface area contributed by atoms with Crippen molar-refractivity contribution in [2.45, 2.75) is 19.3 Å². The van der Waals surface area contributed by atoms with Gasteiger partial charge in [-0.1, -0.05) is 29.8 Å². The lowest BCUT2D eigenvalue weighted by Crippen LogP contribution is -2.42. The van der Waals surface area contributed by atoms with Crippen LogP contribution in [0.2, 0.25) is 5.02 Å². The number of nitrogens with zero attached hydrogens (tertiary/aromatic N) is 2. The molecule has 0 bridgehead atoms. The van der Waals surface area contributed by atoms with E-state index in [1.54, 1.807) is 17.3 Å². The van der Waals surface area contributed by atoms with E-state index in [4.69, 9.17) is 16.3 Å². The lowest BCUT2D eigenvalue weighted by molar-refractivity contribution is -0.132. The summed E-state index contributed by atoms with van der Waals surface area (Å²) < 4.78 is 5.57. The molecule has 3 rings (SSSR count). The Bertz CT molecular complexity index is 816. The van der Waals surface area contributed by atoms with Crippen molar-refractivity contribution < 1.29 is 14.3 Å². The van der Waals surface area contributed by atoms with Crippen molar-refractivity contribution in [3.8, 4) is 0 Å². The standard InChI is InChI=1S/C22H26ClN3O3/c23-20-5-1-3-17(13-20)8-10-25-22(28)19-15-26(11-12-29-16-19)21(27)7-6-18-4-2-9-24-14-18/h1-5,9,13-14,19H,6-8,10-12,15-16H2,(H,25,28). The minimum atomic E-state index is -0.362. The Morgan fingerprint density at radius 1 is 1.21 bits per heavy atom. The maximum atomic E-state index is 12.6. The minimum absolute atomic E-state index is 0.0380. The van der Waals surface area contributed by atoms with E-state index >= 15 is 0 Å². The first-order valence-electron chi connectivity index (χ1n) is 9.88. The van der Waals surface area contributed by atoms with Crippen LogP contribution in [0.1, 0.15) is 17.5 Å². The van der Waals surface area contributed by atoms with Gasteiger partial charge in [0.1, 0.15) is 0 Å². The third-order valence-electron chi connectivity index (χ3n) is 4.94. The van der Waals surface area contributed by atoms with Crippen molar-refractivity contribution >= 4 is 23.4 Å². The number of carbonyl (C=O) groups is 2. The van der Waals surface area contributed by atoms with Crippen molar-refractivity contribution in [3.63, 3.8) is 0 Å². The number of amides is 2. The van der Waals surface area contributed by atoms with Gasteiger partial charge in [0.05, 0.1) is 19.1 Å². The molecule has 0 saturated carbocycles. The van der Waals surface area contributed by atoms with E-state index in [2.05, 4.69) is 10.3 Å². The second-order valence-corrected chi connectivity index (χ2v) is 7.58. The van der Waals surface area contributed by atoms with E-state index in [1.165, 1.54) is 0 Å². The summed E-state index contributed by atoms with van der Waals surface area (Å²) in [4.78, 5) is 31.0. The van der Waals surface area contributed by atoms with Gasteiger partial charge in [-0.3, -0.25) is 14.6 Å². The second kappa shape index (κ2) is 10.9. The molecule has 1 aromatic carbocycles. The van der Waals surface area contributed by atoms with E-state index in [-0.39, 0.29) is 17.7 Å². The third-order valence-corrected chi connectivity index (χ3v) is 5.18. The van der Waals surface area contributed by atoms with Gasteiger partial charge in [-0.15, -0.1) is 0 Å². The van der Waals surface area contributed by atoms with Crippen molar-refractivity contribution in [2.24, 2.45) is 5.92 Å². The molecule has 2 amide bonds. The van der Waals surface area contributed by atoms with Crippen LogP contribution in [0.4, 0.5) is 0 Å². The lowest BCUT2D eigenvalue weighted by atomic mass is 10.1. The van der Waals surface area contributed by atoms with E-state index in [0.29, 0.717) is 57.1 Å². The molecule has 1 N–H and O–H groups in total. The van der Waals surface area contributed by atoms with Gasteiger partial charge < -0.3 is 15.0 Å². The Balaban J connectivity index is 1.47. The van der Waals surface area contributed by atoms with Crippen molar-refractivity contribution in [3.05, 3.63) is 64.9 Å². The number of hydrogen-bond acceptors (Lipinski definition) is 4. The highest BCUT2D eigenvalue weighted by Crippen LogP contribution is 2.12. The molecule has 1 aliphatic rings. The monoisotopic (exact) mass is 415 g/mol. The Morgan fingerprint density at radius 2 is 2.07 bits per heavy atom. The summed E-state index contributed by atoms with van der Waals surface area (Å²) in [5, 5.41) is 3.64. The van der Waals surface area contributed by atoms with Gasteiger partial charge >= 0.3 is 0 Å². The van der Waals surface area contributed by atoms with E-state index in [9.17, 15) is 9.59 Å². The molecule has 1 saturated heterocycles. The topological polar surface area (TPSA) is 71.5 Å². The Hall–Kier alpha value is -2.44. The fourth-order valence-electron chi connectivity index (χ4n) is 3.32. The number of nitrogens with one attached hydrogen (secondary N) is 1. The Labute approximate surface area is 176 Å². The number of aryl methyl sites for hydroxylation is 1. The minimum Gasteiger partial charge on any atom is -0.379 e. The Kier molecular flexibility index (Phi) is 8.02. The number of halogens is 1. The molecule has 29 heavy (non-hydrogen) atoms. The first-order valence-corrected chi connectivity index (χ1v) is 10.3. The average Bonchev–Trinajstić information content (AvgIpc) is 2.99. The van der Waals surface area contributed by atoms with Crippen LogP contribution in [-0.4, -0.2) is 54.5 Å². The van der Waals surface area contributed by atoms with Crippen LogP contribution < -0.4 is 5.32 Å². The largest absolute Gasteiger partial charge is 0.379 e. The summed E-state index contributed by atoms with van der Waals surface area (Å²) >= 11 is 5.99. The van der Waals surface area contributed by atoms with Gasteiger partial charge in [-0.05, 0) is 42.2 Å². The zero-order valence-corrected chi connectivity index (χ0v) is 17.1. The van der Waals surface area contributed by atoms with Gasteiger partial charge in [-0.25, -0.2) is 0 Å². The molecular formula is C22H26ClN3O3. The van der Waals surface area contributed by atoms with Crippen LogP contribution in [0.15, 0.2) is 48.8 Å². The highest BCUT2D eigenvalue weighted by atomic mass is 35.5. The van der Waals surface area contributed by atoms with Gasteiger partial charge in [0.2, 0.25) is 11.8 Å². The Morgan fingerprint density at radius 3 is 2.86 bits per heavy atom. The lowest BCUT2D eigenvalue weighted by Gasteiger charge is -2.23. The third kappa shape index (κ3) is 6.84. The number of aromatic nitrogens is 1. The molecule has 1 aliphatic heterocycles. The first kappa shape index (κ1) is 21.3. The van der Waals surface area contributed by atoms with Gasteiger partial charge in [-0.2, -0.15) is 0 Å². The molecular weight excluding hydrogens is 390 g/mol. The van der Waals surface area contributed by atoms with Gasteiger partial charge in [0, 0.05) is 43.5 Å². The predicted molar refractivity (Wildman–Crippen MR) is 112 cm³/mol. The summed E-state index contributed by atoms with van der Waals surface area (Å²) in [5.41, 5.74) is 2.10. The number of rotatable bonds is 7. The number of hydrogen-bond donors (Lipinski definition) is 1. The van der Waals surface area contributed by atoms with Crippen LogP contribution in [0.3, 0.4) is 0 Å². The molecule has 154 valence electrons. The summed E-state index contributed by atoms with van der Waals surface area (Å²) in [6.45, 7) is 2.19. The molecule has 6 nitrogen and oxygen atoms in total. The van der Waals surface area contributed by atoms with Crippen molar-refractivity contribution in [2.75, 3.05) is 32.8 Å². The molecule has 0 aliphatic carbocycles. The highest BCUT2D eigenvalue weighted by molar-refractivity contribution is 6.30. The van der Waals surface area contributed by atoms with Crippen molar-refractivity contribution in [1.29, 1.82) is 0 Å². The number of carbonyl (C=O) groups excluding carboxylic acids is 2. The SMILES string of the molecule is O=C(NCCc1cccc(Cl)c1)C1COCCN(C(=O)CCc2cccnc2)C1. The van der Waals surface area contributed by atoms with Crippen LogP contribution in [-0.2, 0) is 27.2 Å². The van der Waals surface area contributed by atoms with Crippen LogP contribution >= 0.6 is 11.6 Å². The normalized spacial score (nSPS) is 16.9. The molecule has 1 aromatic heterocycles. The molecule has 1 fully saturated rings. The molecule has 0 spiro atoms. The first-order chi connectivity index (χ1) is 14.1. The number of ether oxygens (including phenoxy) is 1. The molecule has 2 aromatic rings.